The van der Waals surface area contributed by atoms with Gasteiger partial charge in [0, 0.05) is 17.0 Å². The summed E-state index contributed by atoms with van der Waals surface area (Å²) in [5.41, 5.74) is 12.6. The lowest BCUT2D eigenvalue weighted by Gasteiger charge is -2.23. The van der Waals surface area contributed by atoms with E-state index >= 15 is 0 Å². The van der Waals surface area contributed by atoms with Crippen molar-refractivity contribution in [1.82, 2.24) is 0 Å². The number of nitrogens with one attached hydrogen (secondary N) is 1. The Morgan fingerprint density at radius 3 is 2.06 bits per heavy atom. The number of hydrogen-bond donors (Lipinski definition) is 1. The fourth-order valence-electron chi connectivity index (χ4n) is 5.62. The molecule has 1 nitrogen and oxygen atoms in total. The molecule has 0 bridgehead atoms. The normalized spacial score (nSPS) is 14.5. The van der Waals surface area contributed by atoms with Crippen LogP contribution in [-0.4, -0.2) is 5.71 Å². The van der Waals surface area contributed by atoms with E-state index in [4.69, 9.17) is 0 Å². The van der Waals surface area contributed by atoms with Crippen molar-refractivity contribution < 1.29 is 0 Å². The Morgan fingerprint density at radius 2 is 1.28 bits per heavy atom. The van der Waals surface area contributed by atoms with Crippen LogP contribution in [0, 0.1) is 26.2 Å². The maximum Gasteiger partial charge on any atom is 0.0690 e. The summed E-state index contributed by atoms with van der Waals surface area (Å²) in [6.07, 6.45) is 2.33. The Balaban J connectivity index is 1.62. The van der Waals surface area contributed by atoms with Crippen molar-refractivity contribution in [2.45, 2.75) is 26.7 Å². The van der Waals surface area contributed by atoms with E-state index in [-0.39, 0.29) is 5.92 Å². The third kappa shape index (κ3) is 3.60. The summed E-state index contributed by atoms with van der Waals surface area (Å²) in [4.78, 5) is 0. The van der Waals surface area contributed by atoms with E-state index in [0.717, 1.165) is 11.1 Å². The van der Waals surface area contributed by atoms with Crippen LogP contribution in [0.15, 0.2) is 103 Å². The van der Waals surface area contributed by atoms with Gasteiger partial charge in [0.2, 0.25) is 0 Å². The van der Waals surface area contributed by atoms with Crippen molar-refractivity contribution in [3.8, 4) is 0 Å². The summed E-state index contributed by atoms with van der Waals surface area (Å²) in [5.74, 6) is 0.0652. The number of hydrogen-bond acceptors (Lipinski definition) is 1. The summed E-state index contributed by atoms with van der Waals surface area (Å²) in [7, 11) is 0. The van der Waals surface area contributed by atoms with Gasteiger partial charge in [0.05, 0.1) is 5.71 Å². The van der Waals surface area contributed by atoms with Crippen LogP contribution in [0.3, 0.4) is 0 Å². The van der Waals surface area contributed by atoms with E-state index in [2.05, 4.69) is 130 Å². The summed E-state index contributed by atoms with van der Waals surface area (Å²) >= 11 is 0. The molecular weight excluding hydrogens is 434 g/mol. The quantitative estimate of drug-likeness (QED) is 0.257. The highest BCUT2D eigenvalue weighted by Crippen LogP contribution is 2.47. The molecule has 0 aromatic heterocycles. The monoisotopic (exact) mass is 463 g/mol. The molecule has 1 heteroatoms. The molecule has 0 heterocycles. The van der Waals surface area contributed by atoms with Crippen molar-refractivity contribution in [3.63, 3.8) is 0 Å². The Morgan fingerprint density at radius 1 is 0.611 bits per heavy atom. The third-order valence-electron chi connectivity index (χ3n) is 7.86. The molecule has 0 amide bonds. The highest BCUT2D eigenvalue weighted by molar-refractivity contribution is 6.15. The standard InChI is InChI=1S/C35H29N/c1-22-17-18-29(24(3)23(22)2)35(36)33-20-27-14-8-7-13-26(27)19-32(33)34-30-16-10-9-15-28(30)21-31(34)25-11-5-4-6-12-25/h4-21,34,36H,1-3H3. The van der Waals surface area contributed by atoms with Gasteiger partial charge in [0.15, 0.2) is 0 Å². The van der Waals surface area contributed by atoms with Crippen LogP contribution in [0.25, 0.3) is 22.4 Å². The molecule has 1 N–H and O–H groups in total. The molecule has 0 radical (unpaired) electrons. The maximum absolute atomic E-state index is 9.49. The molecule has 5 aromatic rings. The van der Waals surface area contributed by atoms with Gasteiger partial charge in [0.1, 0.15) is 0 Å². The van der Waals surface area contributed by atoms with Crippen LogP contribution >= 0.6 is 0 Å². The molecule has 0 saturated carbocycles. The Labute approximate surface area is 213 Å². The maximum atomic E-state index is 9.49. The van der Waals surface area contributed by atoms with Gasteiger partial charge in [-0.05, 0) is 94.3 Å². The topological polar surface area (TPSA) is 23.9 Å². The molecular formula is C35H29N. The Bertz CT molecular complexity index is 1670. The Kier molecular flexibility index (Phi) is 5.42. The van der Waals surface area contributed by atoms with Crippen LogP contribution in [0.5, 0.6) is 0 Å². The van der Waals surface area contributed by atoms with Crippen LogP contribution in [0.4, 0.5) is 0 Å². The second kappa shape index (κ2) is 8.77. The van der Waals surface area contributed by atoms with Crippen LogP contribution in [-0.2, 0) is 0 Å². The van der Waals surface area contributed by atoms with E-state index in [1.807, 2.05) is 0 Å². The first-order valence-electron chi connectivity index (χ1n) is 12.6. The molecule has 6 rings (SSSR count). The molecule has 1 aliphatic carbocycles. The average molecular weight is 464 g/mol. The lowest BCUT2D eigenvalue weighted by molar-refractivity contribution is 1.06. The van der Waals surface area contributed by atoms with E-state index in [0.29, 0.717) is 5.71 Å². The molecule has 0 aliphatic heterocycles. The molecule has 36 heavy (non-hydrogen) atoms. The van der Waals surface area contributed by atoms with Gasteiger partial charge in [-0.1, -0.05) is 91.0 Å². The van der Waals surface area contributed by atoms with Gasteiger partial charge in [-0.2, -0.15) is 0 Å². The second-order valence-corrected chi connectivity index (χ2v) is 9.87. The van der Waals surface area contributed by atoms with Gasteiger partial charge in [-0.3, -0.25) is 5.41 Å². The number of fused-ring (bicyclic) bond motifs is 2. The zero-order chi connectivity index (χ0) is 24.8. The first-order valence-corrected chi connectivity index (χ1v) is 12.6. The molecule has 1 aliphatic rings. The van der Waals surface area contributed by atoms with Gasteiger partial charge in [-0.25, -0.2) is 0 Å². The fraction of sp³-hybridized carbons (Fsp3) is 0.114. The predicted octanol–water partition coefficient (Wildman–Crippen LogP) is 8.87. The zero-order valence-electron chi connectivity index (χ0n) is 21.0. The van der Waals surface area contributed by atoms with Crippen LogP contribution in [0.1, 0.15) is 56.0 Å². The highest BCUT2D eigenvalue weighted by Gasteiger charge is 2.30. The molecule has 5 aromatic carbocycles. The highest BCUT2D eigenvalue weighted by atomic mass is 14.4. The van der Waals surface area contributed by atoms with Gasteiger partial charge in [0.25, 0.3) is 0 Å². The molecule has 0 fully saturated rings. The zero-order valence-corrected chi connectivity index (χ0v) is 21.0. The van der Waals surface area contributed by atoms with Crippen LogP contribution < -0.4 is 0 Å². The van der Waals surface area contributed by atoms with Crippen molar-refractivity contribution in [3.05, 3.63) is 153 Å². The smallest absolute Gasteiger partial charge is 0.0690 e. The Hall–Kier alpha value is -4.23. The van der Waals surface area contributed by atoms with Crippen LogP contribution in [0.2, 0.25) is 0 Å². The van der Waals surface area contributed by atoms with Gasteiger partial charge >= 0.3 is 0 Å². The minimum Gasteiger partial charge on any atom is -0.300 e. The minimum absolute atomic E-state index is 0.0652. The number of allylic oxidation sites excluding steroid dienone is 1. The van der Waals surface area contributed by atoms with E-state index < -0.39 is 0 Å². The van der Waals surface area contributed by atoms with Gasteiger partial charge in [-0.15, -0.1) is 0 Å². The van der Waals surface area contributed by atoms with E-state index in [1.165, 1.54) is 55.3 Å². The lowest BCUT2D eigenvalue weighted by atomic mass is 9.79. The molecule has 1 unspecified atom stereocenters. The molecule has 0 spiro atoms. The average Bonchev–Trinajstić information content (AvgIpc) is 3.31. The lowest BCUT2D eigenvalue weighted by Crippen LogP contribution is -2.12. The fourth-order valence-corrected chi connectivity index (χ4v) is 5.62. The van der Waals surface area contributed by atoms with E-state index in [1.54, 1.807) is 0 Å². The summed E-state index contributed by atoms with van der Waals surface area (Å²) in [5, 5.41) is 11.9. The molecule has 1 atom stereocenters. The minimum atomic E-state index is 0.0652. The van der Waals surface area contributed by atoms with Gasteiger partial charge < -0.3 is 0 Å². The number of aryl methyl sites for hydroxylation is 1. The van der Waals surface area contributed by atoms with E-state index in [9.17, 15) is 5.41 Å². The largest absolute Gasteiger partial charge is 0.300 e. The third-order valence-corrected chi connectivity index (χ3v) is 7.86. The first kappa shape index (κ1) is 22.2. The number of rotatable bonds is 4. The first-order chi connectivity index (χ1) is 17.5. The van der Waals surface area contributed by atoms with Crippen molar-refractivity contribution in [1.29, 1.82) is 5.41 Å². The number of benzene rings is 5. The molecule has 174 valence electrons. The van der Waals surface area contributed by atoms with Crippen molar-refractivity contribution >= 4 is 28.1 Å². The SMILES string of the molecule is Cc1ccc(C(=N)c2cc3ccccc3cc2C2C(c3ccccc3)=Cc3ccccc32)c(C)c1C. The summed E-state index contributed by atoms with van der Waals surface area (Å²) in [6.45, 7) is 6.45. The second-order valence-electron chi connectivity index (χ2n) is 9.87. The van der Waals surface area contributed by atoms with Crippen molar-refractivity contribution in [2.24, 2.45) is 0 Å². The summed E-state index contributed by atoms with van der Waals surface area (Å²) < 4.78 is 0. The van der Waals surface area contributed by atoms with Crippen molar-refractivity contribution in [2.75, 3.05) is 0 Å². The predicted molar refractivity (Wildman–Crippen MR) is 153 cm³/mol. The molecule has 0 saturated heterocycles. The summed E-state index contributed by atoms with van der Waals surface area (Å²) in [6, 6.07) is 36.7.